The first-order valence-electron chi connectivity index (χ1n) is 11.1. The van der Waals surface area contributed by atoms with Gasteiger partial charge in [0.15, 0.2) is 0 Å². The van der Waals surface area contributed by atoms with Gasteiger partial charge in [-0.1, -0.05) is 78.9 Å². The molecule has 0 spiro atoms. The van der Waals surface area contributed by atoms with Crippen LogP contribution < -0.4 is 0 Å². The highest BCUT2D eigenvalue weighted by atomic mass is 16.6. The van der Waals surface area contributed by atoms with Gasteiger partial charge >= 0.3 is 12.1 Å². The fraction of sp³-hybridized carbons (Fsp3) is 0.259. The molecule has 33 heavy (non-hydrogen) atoms. The molecule has 0 bridgehead atoms. The van der Waals surface area contributed by atoms with E-state index in [4.69, 9.17) is 9.47 Å². The minimum Gasteiger partial charge on any atom is -0.466 e. The minimum atomic E-state index is -1.14. The van der Waals surface area contributed by atoms with Crippen molar-refractivity contribution < 1.29 is 24.2 Å². The first kappa shape index (κ1) is 21.2. The van der Waals surface area contributed by atoms with E-state index in [0.29, 0.717) is 0 Å². The van der Waals surface area contributed by atoms with E-state index in [1.165, 1.54) is 0 Å². The quantitative estimate of drug-likeness (QED) is 0.581. The van der Waals surface area contributed by atoms with Crippen LogP contribution in [0.5, 0.6) is 0 Å². The van der Waals surface area contributed by atoms with Gasteiger partial charge in [0.1, 0.15) is 12.1 Å². The lowest BCUT2D eigenvalue weighted by atomic mass is 9.78. The van der Waals surface area contributed by atoms with Gasteiger partial charge in [-0.25, -0.2) is 4.79 Å². The largest absolute Gasteiger partial charge is 0.466 e. The number of ether oxygens (including phenoxy) is 2. The van der Waals surface area contributed by atoms with Crippen molar-refractivity contribution in [1.82, 2.24) is 4.90 Å². The molecule has 1 aliphatic heterocycles. The average molecular weight is 443 g/mol. The number of cyclic esters (lactones) is 1. The Morgan fingerprint density at radius 3 is 2.21 bits per heavy atom. The summed E-state index contributed by atoms with van der Waals surface area (Å²) in [6, 6.07) is 25.0. The second kappa shape index (κ2) is 8.37. The number of nitrogens with zero attached hydrogens (tertiary/aromatic N) is 1. The highest BCUT2D eigenvalue weighted by molar-refractivity contribution is 5.87. The molecule has 0 radical (unpaired) electrons. The molecular formula is C27H25NO5. The van der Waals surface area contributed by atoms with Gasteiger partial charge in [-0.2, -0.15) is 0 Å². The standard InChI is InChI=1S/C27H25NO5/c1-2-32-25(30)16-24(29)23-17-33-26(31)28(23)27(18-10-4-3-5-11-18)21-14-8-6-12-19(21)20-13-7-9-15-22(20)27/h3-15,23-24,29H,2,16-17H2,1H3/t23-,24+/m0/s1. The van der Waals surface area contributed by atoms with Crippen molar-refractivity contribution in [1.29, 1.82) is 0 Å². The van der Waals surface area contributed by atoms with Crippen LogP contribution in [0.1, 0.15) is 30.0 Å². The van der Waals surface area contributed by atoms with Gasteiger partial charge < -0.3 is 14.6 Å². The summed E-state index contributed by atoms with van der Waals surface area (Å²) < 4.78 is 10.5. The summed E-state index contributed by atoms with van der Waals surface area (Å²) in [6.45, 7) is 1.93. The fourth-order valence-electron chi connectivity index (χ4n) is 5.23. The number of hydrogen-bond acceptors (Lipinski definition) is 5. The smallest absolute Gasteiger partial charge is 0.411 e. The number of aliphatic hydroxyl groups is 1. The molecule has 0 unspecified atom stereocenters. The molecule has 6 heteroatoms. The van der Waals surface area contributed by atoms with Crippen molar-refractivity contribution in [3.8, 4) is 11.1 Å². The summed E-state index contributed by atoms with van der Waals surface area (Å²) >= 11 is 0. The van der Waals surface area contributed by atoms with Crippen molar-refractivity contribution in [2.24, 2.45) is 0 Å². The second-order valence-electron chi connectivity index (χ2n) is 8.26. The SMILES string of the molecule is CCOC(=O)C[C@@H](O)[C@@H]1COC(=O)N1C1(c2ccccc2)c2ccccc2-c2ccccc21. The Bertz CT molecular complexity index is 1150. The van der Waals surface area contributed by atoms with Crippen LogP contribution in [0, 0.1) is 0 Å². The monoisotopic (exact) mass is 443 g/mol. The molecule has 2 atom stereocenters. The number of benzene rings is 3. The molecular weight excluding hydrogens is 418 g/mol. The number of aliphatic hydroxyl groups excluding tert-OH is 1. The van der Waals surface area contributed by atoms with Crippen molar-refractivity contribution in [2.75, 3.05) is 13.2 Å². The summed E-state index contributed by atoms with van der Waals surface area (Å²) in [6.07, 6.45) is -1.89. The van der Waals surface area contributed by atoms with E-state index in [1.54, 1.807) is 11.8 Å². The van der Waals surface area contributed by atoms with Crippen LogP contribution in [0.25, 0.3) is 11.1 Å². The molecule has 3 aromatic carbocycles. The lowest BCUT2D eigenvalue weighted by Crippen LogP contribution is -2.55. The summed E-state index contributed by atoms with van der Waals surface area (Å²) in [5.74, 6) is -0.509. The molecule has 5 rings (SSSR count). The normalized spacial score (nSPS) is 18.9. The molecule has 3 aromatic rings. The predicted molar refractivity (Wildman–Crippen MR) is 122 cm³/mol. The number of carbonyl (C=O) groups excluding carboxylic acids is 2. The van der Waals surface area contributed by atoms with Gasteiger partial charge in [-0.15, -0.1) is 0 Å². The minimum absolute atomic E-state index is 0.0156. The third-order valence-electron chi connectivity index (χ3n) is 6.51. The Balaban J connectivity index is 1.74. The Kier molecular flexibility index (Phi) is 5.38. The highest BCUT2D eigenvalue weighted by Gasteiger charge is 2.57. The van der Waals surface area contributed by atoms with Crippen LogP contribution in [-0.2, 0) is 19.8 Å². The maximum Gasteiger partial charge on any atom is 0.411 e. The van der Waals surface area contributed by atoms with Crippen LogP contribution in [0.2, 0.25) is 0 Å². The van der Waals surface area contributed by atoms with Crippen LogP contribution in [0.4, 0.5) is 4.79 Å². The van der Waals surface area contributed by atoms with Crippen molar-refractivity contribution >= 4 is 12.1 Å². The molecule has 0 saturated carbocycles. The lowest BCUT2D eigenvalue weighted by molar-refractivity contribution is -0.146. The van der Waals surface area contributed by atoms with Gasteiger partial charge in [0, 0.05) is 0 Å². The first-order valence-corrected chi connectivity index (χ1v) is 11.1. The predicted octanol–water partition coefficient (Wildman–Crippen LogP) is 4.09. The molecule has 0 aromatic heterocycles. The number of fused-ring (bicyclic) bond motifs is 3. The van der Waals surface area contributed by atoms with Crippen molar-refractivity contribution in [3.05, 3.63) is 95.6 Å². The molecule has 1 amide bonds. The summed E-state index contributed by atoms with van der Waals surface area (Å²) in [4.78, 5) is 27.1. The van der Waals surface area contributed by atoms with Crippen molar-refractivity contribution in [3.63, 3.8) is 0 Å². The summed E-state index contributed by atoms with van der Waals surface area (Å²) in [5.41, 5.74) is 3.79. The zero-order valence-corrected chi connectivity index (χ0v) is 18.3. The Labute approximate surface area is 192 Å². The van der Waals surface area contributed by atoms with Crippen LogP contribution in [-0.4, -0.2) is 47.4 Å². The van der Waals surface area contributed by atoms with E-state index < -0.39 is 29.7 Å². The fourth-order valence-corrected chi connectivity index (χ4v) is 5.23. The molecule has 1 saturated heterocycles. The molecule has 6 nitrogen and oxygen atoms in total. The Morgan fingerprint density at radius 1 is 1.03 bits per heavy atom. The maximum atomic E-state index is 13.4. The van der Waals surface area contributed by atoms with E-state index in [9.17, 15) is 14.7 Å². The average Bonchev–Trinajstić information content (AvgIpc) is 3.36. The number of rotatable bonds is 6. The zero-order chi connectivity index (χ0) is 23.0. The van der Waals surface area contributed by atoms with E-state index in [1.807, 2.05) is 78.9 Å². The molecule has 1 heterocycles. The maximum absolute atomic E-state index is 13.4. The van der Waals surface area contributed by atoms with E-state index in [0.717, 1.165) is 27.8 Å². The second-order valence-corrected chi connectivity index (χ2v) is 8.26. The van der Waals surface area contributed by atoms with Gasteiger partial charge in [0.25, 0.3) is 0 Å². The van der Waals surface area contributed by atoms with Gasteiger partial charge in [-0.3, -0.25) is 9.69 Å². The Hall–Kier alpha value is -3.64. The highest BCUT2D eigenvalue weighted by Crippen LogP contribution is 2.55. The van der Waals surface area contributed by atoms with Gasteiger partial charge in [0.05, 0.1) is 25.2 Å². The number of hydrogen-bond donors (Lipinski definition) is 1. The molecule has 1 N–H and O–H groups in total. The molecule has 2 aliphatic rings. The third kappa shape index (κ3) is 3.21. The van der Waals surface area contributed by atoms with Crippen LogP contribution in [0.3, 0.4) is 0 Å². The van der Waals surface area contributed by atoms with Gasteiger partial charge in [-0.05, 0) is 34.7 Å². The van der Waals surface area contributed by atoms with E-state index >= 15 is 0 Å². The lowest BCUT2D eigenvalue weighted by Gasteiger charge is -2.43. The Morgan fingerprint density at radius 2 is 1.61 bits per heavy atom. The topological polar surface area (TPSA) is 76.1 Å². The van der Waals surface area contributed by atoms with Crippen LogP contribution >= 0.6 is 0 Å². The van der Waals surface area contributed by atoms with Gasteiger partial charge in [0.2, 0.25) is 0 Å². The summed E-state index contributed by atoms with van der Waals surface area (Å²) in [5, 5.41) is 11.1. The van der Waals surface area contributed by atoms with E-state index in [2.05, 4.69) is 0 Å². The number of esters is 1. The number of amides is 1. The van der Waals surface area contributed by atoms with Crippen LogP contribution in [0.15, 0.2) is 78.9 Å². The molecule has 168 valence electrons. The zero-order valence-electron chi connectivity index (χ0n) is 18.3. The summed E-state index contributed by atoms with van der Waals surface area (Å²) in [7, 11) is 0. The molecule has 1 aliphatic carbocycles. The number of carbonyl (C=O) groups is 2. The third-order valence-corrected chi connectivity index (χ3v) is 6.51. The van der Waals surface area contributed by atoms with E-state index in [-0.39, 0.29) is 19.6 Å². The first-order chi connectivity index (χ1) is 16.1. The molecule has 1 fully saturated rings. The van der Waals surface area contributed by atoms with Crippen molar-refractivity contribution in [2.45, 2.75) is 31.0 Å².